The highest BCUT2D eigenvalue weighted by Gasteiger charge is 2.07. The Bertz CT molecular complexity index is 200. The second-order valence-corrected chi connectivity index (χ2v) is 3.46. The largest absolute Gasteiger partial charge is 0.369 e. The average Bonchev–Trinajstić information content (AvgIpc) is 1.64. The van der Waals surface area contributed by atoms with Crippen LogP contribution in [0.5, 0.6) is 0 Å². The normalized spacial score (nSPS) is 10.7. The van der Waals surface area contributed by atoms with Crippen LogP contribution in [0.1, 0.15) is 0 Å². The molecule has 0 N–H and O–H groups in total. The molecule has 0 bridgehead atoms. The third-order valence-electron chi connectivity index (χ3n) is 0.582. The first-order chi connectivity index (χ1) is 4.12. The molecule has 0 unspecified atom stereocenters. The Morgan fingerprint density at radius 1 is 1.67 bits per heavy atom. The summed E-state index contributed by atoms with van der Waals surface area (Å²) < 4.78 is 25.3. The maximum absolute atomic E-state index is 10.5. The molecule has 0 aliphatic carbocycles. The Kier molecular flexibility index (Phi) is 3.20. The first-order valence-electron chi connectivity index (χ1n) is 2.18. The summed E-state index contributed by atoms with van der Waals surface area (Å²) in [6.07, 6.45) is 0. The van der Waals surface area contributed by atoms with Gasteiger partial charge >= 0.3 is 0 Å². The number of ether oxygens (including phenoxy) is 1. The zero-order chi connectivity index (χ0) is 7.33. The molecular weight excluding hydrogens is 142 g/mol. The number of rotatable bonds is 3. The maximum atomic E-state index is 10.5. The molecule has 0 atom stereocenters. The lowest BCUT2D eigenvalue weighted by Gasteiger charge is -1.93. The number of nitrogens with zero attached hydrogens (tertiary/aromatic N) is 1. The van der Waals surface area contributed by atoms with Gasteiger partial charge < -0.3 is 4.74 Å². The van der Waals surface area contributed by atoms with E-state index < -0.39 is 15.6 Å². The van der Waals surface area contributed by atoms with Gasteiger partial charge in [0.1, 0.15) is 11.7 Å². The third kappa shape index (κ3) is 3.94. The number of hydrogen-bond acceptors (Lipinski definition) is 4. The van der Waals surface area contributed by atoms with E-state index in [2.05, 4.69) is 4.74 Å². The molecule has 0 amide bonds. The van der Waals surface area contributed by atoms with E-state index in [4.69, 9.17) is 5.26 Å². The maximum Gasteiger partial charge on any atom is 0.187 e. The summed E-state index contributed by atoms with van der Waals surface area (Å²) in [6, 6.07) is 1.52. The standard InChI is InChI=1S/C4H7NO3S/c1-8-4-9(6,7)3-2-5/h3-4H2,1H3. The van der Waals surface area contributed by atoms with E-state index in [1.807, 2.05) is 0 Å². The van der Waals surface area contributed by atoms with Gasteiger partial charge in [-0.25, -0.2) is 8.42 Å². The van der Waals surface area contributed by atoms with Crippen molar-refractivity contribution in [3.8, 4) is 6.07 Å². The molecule has 52 valence electrons. The summed E-state index contributed by atoms with van der Waals surface area (Å²) in [5, 5.41) is 7.94. The van der Waals surface area contributed by atoms with Crippen molar-refractivity contribution in [3.63, 3.8) is 0 Å². The van der Waals surface area contributed by atoms with E-state index in [1.54, 1.807) is 0 Å². The van der Waals surface area contributed by atoms with E-state index in [0.717, 1.165) is 0 Å². The van der Waals surface area contributed by atoms with Gasteiger partial charge in [0.15, 0.2) is 9.84 Å². The number of hydrogen-bond donors (Lipinski definition) is 0. The summed E-state index contributed by atoms with van der Waals surface area (Å²) in [5.41, 5.74) is 0. The summed E-state index contributed by atoms with van der Waals surface area (Å²) in [6.45, 7) is 0. The highest BCUT2D eigenvalue weighted by Crippen LogP contribution is 1.87. The minimum Gasteiger partial charge on any atom is -0.369 e. The van der Waals surface area contributed by atoms with Crippen molar-refractivity contribution < 1.29 is 13.2 Å². The Morgan fingerprint density at radius 2 is 2.22 bits per heavy atom. The van der Waals surface area contributed by atoms with Crippen molar-refractivity contribution in [1.29, 1.82) is 5.26 Å². The third-order valence-corrected chi connectivity index (χ3v) is 1.75. The van der Waals surface area contributed by atoms with E-state index in [1.165, 1.54) is 13.2 Å². The van der Waals surface area contributed by atoms with Gasteiger partial charge in [0.2, 0.25) is 0 Å². The van der Waals surface area contributed by atoms with Crippen molar-refractivity contribution in [2.45, 2.75) is 0 Å². The number of nitriles is 1. The highest BCUT2D eigenvalue weighted by atomic mass is 32.2. The molecule has 0 fully saturated rings. The van der Waals surface area contributed by atoms with Crippen molar-refractivity contribution in [3.05, 3.63) is 0 Å². The van der Waals surface area contributed by atoms with Crippen LogP contribution in [0.25, 0.3) is 0 Å². The fraction of sp³-hybridized carbons (Fsp3) is 0.750. The van der Waals surface area contributed by atoms with Crippen LogP contribution in [0.2, 0.25) is 0 Å². The Balaban J connectivity index is 3.93. The van der Waals surface area contributed by atoms with Crippen LogP contribution in [-0.2, 0) is 14.6 Å². The SMILES string of the molecule is COCS(=O)(=O)CC#N. The molecule has 0 aromatic carbocycles. The molecule has 5 heteroatoms. The first-order valence-corrected chi connectivity index (χ1v) is 4.01. The molecule has 0 saturated carbocycles. The van der Waals surface area contributed by atoms with Gasteiger partial charge in [-0.1, -0.05) is 0 Å². The lowest BCUT2D eigenvalue weighted by atomic mass is 10.9. The number of sulfone groups is 1. The molecule has 0 aliphatic heterocycles. The minimum atomic E-state index is -3.27. The number of methoxy groups -OCH3 is 1. The van der Waals surface area contributed by atoms with Gasteiger partial charge in [-0.3, -0.25) is 0 Å². The average molecular weight is 149 g/mol. The summed E-state index contributed by atoms with van der Waals surface area (Å²) in [5.74, 6) is -0.846. The van der Waals surface area contributed by atoms with Crippen LogP contribution in [-0.4, -0.2) is 27.2 Å². The molecule has 0 aromatic rings. The lowest BCUT2D eigenvalue weighted by Crippen LogP contribution is -2.10. The molecule has 4 nitrogen and oxygen atoms in total. The van der Waals surface area contributed by atoms with Crippen LogP contribution < -0.4 is 0 Å². The zero-order valence-corrected chi connectivity index (χ0v) is 5.81. The molecule has 0 aromatic heterocycles. The fourth-order valence-corrected chi connectivity index (χ4v) is 0.959. The monoisotopic (exact) mass is 149 g/mol. The van der Waals surface area contributed by atoms with Gasteiger partial charge in [-0.05, 0) is 0 Å². The second kappa shape index (κ2) is 3.43. The summed E-state index contributed by atoms with van der Waals surface area (Å²) >= 11 is 0. The van der Waals surface area contributed by atoms with Crippen LogP contribution in [0.3, 0.4) is 0 Å². The molecule has 0 rings (SSSR count). The molecule has 0 radical (unpaired) electrons. The molecule has 0 saturated heterocycles. The Hall–Kier alpha value is -0.600. The van der Waals surface area contributed by atoms with Crippen molar-refractivity contribution in [1.82, 2.24) is 0 Å². The van der Waals surface area contributed by atoms with Gasteiger partial charge in [0.05, 0.1) is 6.07 Å². The van der Waals surface area contributed by atoms with Crippen LogP contribution in [0, 0.1) is 11.3 Å². The molecule has 0 heterocycles. The van der Waals surface area contributed by atoms with E-state index in [-0.39, 0.29) is 5.94 Å². The smallest absolute Gasteiger partial charge is 0.187 e. The van der Waals surface area contributed by atoms with E-state index in [9.17, 15) is 8.42 Å². The van der Waals surface area contributed by atoms with Gasteiger partial charge in [-0.2, -0.15) is 5.26 Å². The Morgan fingerprint density at radius 3 is 2.56 bits per heavy atom. The summed E-state index contributed by atoms with van der Waals surface area (Å²) in [7, 11) is -1.99. The molecule has 0 spiro atoms. The van der Waals surface area contributed by atoms with Crippen LogP contribution >= 0.6 is 0 Å². The van der Waals surface area contributed by atoms with Crippen molar-refractivity contribution >= 4 is 9.84 Å². The van der Waals surface area contributed by atoms with Gasteiger partial charge in [-0.15, -0.1) is 0 Å². The van der Waals surface area contributed by atoms with Crippen LogP contribution in [0.4, 0.5) is 0 Å². The summed E-state index contributed by atoms with van der Waals surface area (Å²) in [4.78, 5) is 0. The van der Waals surface area contributed by atoms with E-state index in [0.29, 0.717) is 0 Å². The van der Waals surface area contributed by atoms with Crippen molar-refractivity contribution in [2.75, 3.05) is 18.8 Å². The topological polar surface area (TPSA) is 67.2 Å². The highest BCUT2D eigenvalue weighted by molar-refractivity contribution is 7.91. The lowest BCUT2D eigenvalue weighted by molar-refractivity contribution is 0.250. The van der Waals surface area contributed by atoms with E-state index >= 15 is 0 Å². The van der Waals surface area contributed by atoms with Crippen LogP contribution in [0.15, 0.2) is 0 Å². The molecule has 9 heavy (non-hydrogen) atoms. The Labute approximate surface area is 54.0 Å². The predicted molar refractivity (Wildman–Crippen MR) is 31.3 cm³/mol. The molecular formula is C4H7NO3S. The second-order valence-electron chi connectivity index (χ2n) is 1.45. The molecule has 0 aliphatic rings. The van der Waals surface area contributed by atoms with Gasteiger partial charge in [0.25, 0.3) is 0 Å². The first kappa shape index (κ1) is 8.40. The zero-order valence-electron chi connectivity index (χ0n) is 4.99. The van der Waals surface area contributed by atoms with Gasteiger partial charge in [0, 0.05) is 7.11 Å². The van der Waals surface area contributed by atoms with Crippen molar-refractivity contribution in [2.24, 2.45) is 0 Å². The quantitative estimate of drug-likeness (QED) is 0.544. The predicted octanol–water partition coefficient (Wildman–Crippen LogP) is -0.471. The minimum absolute atomic E-state index is 0.374. The fourth-order valence-electron chi connectivity index (χ4n) is 0.320.